The fourth-order valence-corrected chi connectivity index (χ4v) is 5.02. The Morgan fingerprint density at radius 3 is 2.74 bits per heavy atom. The summed E-state index contributed by atoms with van der Waals surface area (Å²) in [5.41, 5.74) is 4.82. The van der Waals surface area contributed by atoms with Crippen molar-refractivity contribution in [3.8, 4) is 17.0 Å². The summed E-state index contributed by atoms with van der Waals surface area (Å²) in [6, 6.07) is 9.64. The number of nitrogens with zero attached hydrogens (tertiary/aromatic N) is 3. The zero-order valence-electron chi connectivity index (χ0n) is 20.0. The van der Waals surface area contributed by atoms with Gasteiger partial charge in [0.05, 0.1) is 17.9 Å². The van der Waals surface area contributed by atoms with Crippen LogP contribution in [-0.2, 0) is 19.4 Å². The third kappa shape index (κ3) is 4.13. The van der Waals surface area contributed by atoms with Crippen molar-refractivity contribution in [1.29, 1.82) is 0 Å². The molecule has 0 radical (unpaired) electrons. The molecule has 2 aromatic carbocycles. The van der Waals surface area contributed by atoms with Crippen LogP contribution in [0.3, 0.4) is 0 Å². The number of anilines is 1. The first-order valence-electron chi connectivity index (χ1n) is 11.9. The molecule has 2 aliphatic rings. The molecule has 5 rings (SSSR count). The van der Waals surface area contributed by atoms with Crippen molar-refractivity contribution >= 4 is 5.69 Å². The number of halogens is 2. The van der Waals surface area contributed by atoms with Crippen molar-refractivity contribution in [3.05, 3.63) is 70.7 Å². The van der Waals surface area contributed by atoms with E-state index >= 15 is 4.39 Å². The van der Waals surface area contributed by atoms with Crippen LogP contribution >= 0.6 is 0 Å². The highest BCUT2D eigenvalue weighted by molar-refractivity contribution is 5.73. The van der Waals surface area contributed by atoms with Crippen molar-refractivity contribution in [2.24, 2.45) is 0 Å². The standard InChI is InChI=1S/C27H30F2N4O/c1-15(2)33-16(3)17(4)34-27-22(28)11-21(12-24(27)33)26-23(29)14-31-25(32-26)10-18-5-6-20-13-30-8-7-19(20)9-18/h5-6,9,11-12,14-17,30H,7-8,10,13H2,1-4H3. The normalized spacial score (nSPS) is 19.6. The van der Waals surface area contributed by atoms with E-state index in [9.17, 15) is 4.39 Å². The predicted molar refractivity (Wildman–Crippen MR) is 129 cm³/mol. The number of nitrogens with one attached hydrogen (secondary N) is 1. The average molecular weight is 465 g/mol. The van der Waals surface area contributed by atoms with Crippen LogP contribution in [0, 0.1) is 11.6 Å². The summed E-state index contributed by atoms with van der Waals surface area (Å²) in [6.07, 6.45) is 2.49. The molecule has 5 nitrogen and oxygen atoms in total. The van der Waals surface area contributed by atoms with Gasteiger partial charge in [-0.25, -0.2) is 18.7 Å². The Labute approximate surface area is 199 Å². The van der Waals surface area contributed by atoms with E-state index < -0.39 is 11.6 Å². The van der Waals surface area contributed by atoms with E-state index in [1.807, 2.05) is 6.92 Å². The Bertz CT molecular complexity index is 1230. The molecule has 0 aliphatic carbocycles. The number of fused-ring (bicyclic) bond motifs is 2. The summed E-state index contributed by atoms with van der Waals surface area (Å²) < 4.78 is 35.9. The lowest BCUT2D eigenvalue weighted by molar-refractivity contribution is 0.164. The van der Waals surface area contributed by atoms with Gasteiger partial charge in [0.15, 0.2) is 17.4 Å². The van der Waals surface area contributed by atoms with Gasteiger partial charge >= 0.3 is 0 Å². The molecule has 0 fully saturated rings. The summed E-state index contributed by atoms with van der Waals surface area (Å²) in [4.78, 5) is 10.9. The van der Waals surface area contributed by atoms with Crippen molar-refractivity contribution in [1.82, 2.24) is 15.3 Å². The van der Waals surface area contributed by atoms with Crippen molar-refractivity contribution < 1.29 is 13.5 Å². The van der Waals surface area contributed by atoms with Gasteiger partial charge in [-0.3, -0.25) is 0 Å². The minimum atomic E-state index is -0.575. The van der Waals surface area contributed by atoms with Gasteiger partial charge in [0.25, 0.3) is 0 Å². The first-order chi connectivity index (χ1) is 16.3. The molecular formula is C27H30F2N4O. The number of hydrogen-bond donors (Lipinski definition) is 1. The molecule has 7 heteroatoms. The van der Waals surface area contributed by atoms with Crippen LogP contribution in [0.25, 0.3) is 11.3 Å². The van der Waals surface area contributed by atoms with E-state index in [0.717, 1.165) is 25.1 Å². The van der Waals surface area contributed by atoms with Crippen LogP contribution in [-0.4, -0.2) is 34.7 Å². The van der Waals surface area contributed by atoms with Crippen LogP contribution in [0.15, 0.2) is 36.5 Å². The third-order valence-electron chi connectivity index (χ3n) is 6.87. The fraction of sp³-hybridized carbons (Fsp3) is 0.407. The van der Waals surface area contributed by atoms with Gasteiger partial charge in [0.2, 0.25) is 0 Å². The van der Waals surface area contributed by atoms with Gasteiger partial charge in [-0.2, -0.15) is 0 Å². The van der Waals surface area contributed by atoms with Crippen LogP contribution < -0.4 is 15.0 Å². The summed E-state index contributed by atoms with van der Waals surface area (Å²) in [5.74, 6) is -0.378. The first-order valence-corrected chi connectivity index (χ1v) is 11.9. The van der Waals surface area contributed by atoms with E-state index in [0.29, 0.717) is 23.5 Å². The molecule has 34 heavy (non-hydrogen) atoms. The van der Waals surface area contributed by atoms with Gasteiger partial charge in [-0.05, 0) is 69.5 Å². The average Bonchev–Trinajstić information content (AvgIpc) is 2.81. The van der Waals surface area contributed by atoms with Gasteiger partial charge in [0, 0.05) is 24.6 Å². The van der Waals surface area contributed by atoms with E-state index in [-0.39, 0.29) is 29.6 Å². The Hall–Kier alpha value is -3.06. The summed E-state index contributed by atoms with van der Waals surface area (Å²) in [7, 11) is 0. The van der Waals surface area contributed by atoms with Gasteiger partial charge in [-0.1, -0.05) is 18.2 Å². The number of benzene rings is 2. The molecule has 178 valence electrons. The molecule has 0 bridgehead atoms. The lowest BCUT2D eigenvalue weighted by Crippen LogP contribution is -2.50. The van der Waals surface area contributed by atoms with Crippen LogP contribution in [0.1, 0.15) is 50.2 Å². The first kappa shape index (κ1) is 22.7. The number of rotatable bonds is 4. The van der Waals surface area contributed by atoms with Crippen LogP contribution in [0.2, 0.25) is 0 Å². The molecule has 2 unspecified atom stereocenters. The Balaban J connectivity index is 1.51. The van der Waals surface area contributed by atoms with Crippen molar-refractivity contribution in [2.75, 3.05) is 11.4 Å². The lowest BCUT2D eigenvalue weighted by Gasteiger charge is -2.43. The molecule has 2 aliphatic heterocycles. The maximum absolute atomic E-state index is 15.2. The molecule has 3 heterocycles. The highest BCUT2D eigenvalue weighted by Crippen LogP contribution is 2.42. The van der Waals surface area contributed by atoms with E-state index in [1.54, 1.807) is 6.07 Å². The molecule has 0 saturated carbocycles. The maximum Gasteiger partial charge on any atom is 0.178 e. The lowest BCUT2D eigenvalue weighted by atomic mass is 9.97. The smallest absolute Gasteiger partial charge is 0.178 e. The fourth-order valence-electron chi connectivity index (χ4n) is 5.02. The highest BCUT2D eigenvalue weighted by Gasteiger charge is 2.34. The minimum Gasteiger partial charge on any atom is -0.483 e. The minimum absolute atomic E-state index is 0.0483. The quantitative estimate of drug-likeness (QED) is 0.586. The Kier molecular flexibility index (Phi) is 5.98. The molecule has 1 N–H and O–H groups in total. The van der Waals surface area contributed by atoms with E-state index in [4.69, 9.17) is 4.74 Å². The third-order valence-corrected chi connectivity index (χ3v) is 6.87. The van der Waals surface area contributed by atoms with Gasteiger partial charge in [0.1, 0.15) is 17.6 Å². The zero-order valence-corrected chi connectivity index (χ0v) is 20.0. The molecule has 0 amide bonds. The van der Waals surface area contributed by atoms with Crippen LogP contribution in [0.4, 0.5) is 14.5 Å². The van der Waals surface area contributed by atoms with Crippen molar-refractivity contribution in [2.45, 2.75) is 65.3 Å². The second-order valence-electron chi connectivity index (χ2n) is 9.56. The molecule has 2 atom stereocenters. The van der Waals surface area contributed by atoms with Gasteiger partial charge in [-0.15, -0.1) is 0 Å². The maximum atomic E-state index is 15.2. The molecular weight excluding hydrogens is 434 g/mol. The number of hydrogen-bond acceptors (Lipinski definition) is 5. The molecule has 1 aromatic heterocycles. The Morgan fingerprint density at radius 1 is 1.12 bits per heavy atom. The van der Waals surface area contributed by atoms with E-state index in [2.05, 4.69) is 59.2 Å². The van der Waals surface area contributed by atoms with E-state index in [1.165, 1.54) is 23.4 Å². The van der Waals surface area contributed by atoms with Crippen LogP contribution in [0.5, 0.6) is 5.75 Å². The van der Waals surface area contributed by atoms with Gasteiger partial charge < -0.3 is 15.0 Å². The number of ether oxygens (including phenoxy) is 1. The molecule has 3 aromatic rings. The SMILES string of the molecule is CC1Oc2c(F)cc(-c3nc(Cc4ccc5c(c4)CCNC5)ncc3F)cc2N(C(C)C)C1C. The molecule has 0 spiro atoms. The topological polar surface area (TPSA) is 50.3 Å². The highest BCUT2D eigenvalue weighted by atomic mass is 19.1. The monoisotopic (exact) mass is 464 g/mol. The van der Waals surface area contributed by atoms with Crippen molar-refractivity contribution in [3.63, 3.8) is 0 Å². The zero-order chi connectivity index (χ0) is 24.0. The Morgan fingerprint density at radius 2 is 1.94 bits per heavy atom. The second kappa shape index (κ2) is 8.95. The largest absolute Gasteiger partial charge is 0.483 e. The summed E-state index contributed by atoms with van der Waals surface area (Å²) in [5, 5.41) is 3.37. The second-order valence-corrected chi connectivity index (χ2v) is 9.56. The molecule has 0 saturated heterocycles. The number of aromatic nitrogens is 2. The summed E-state index contributed by atoms with van der Waals surface area (Å²) >= 11 is 0. The predicted octanol–water partition coefficient (Wildman–Crippen LogP) is 5.04. The summed E-state index contributed by atoms with van der Waals surface area (Å²) in [6.45, 7) is 9.94.